The predicted molar refractivity (Wildman–Crippen MR) is 78.8 cm³/mol. The number of carbonyl (C=O) groups is 1. The number of anilines is 1. The molecular weight excluding hydrogens is 276 g/mol. The maximum atomic E-state index is 11.0. The van der Waals surface area contributed by atoms with E-state index in [2.05, 4.69) is 19.2 Å². The Kier molecular flexibility index (Phi) is 6.61. The molecule has 0 saturated heterocycles. The molecule has 0 bridgehead atoms. The van der Waals surface area contributed by atoms with E-state index >= 15 is 0 Å². The molecule has 0 spiro atoms. The second-order valence-electron chi connectivity index (χ2n) is 5.04. The normalized spacial score (nSPS) is 10.6. The van der Waals surface area contributed by atoms with Crippen molar-refractivity contribution < 1.29 is 19.6 Å². The molecule has 0 amide bonds. The SMILES string of the molecule is CC(C)COCCCNc1ccc([N+](=O)[O-])c(C(=O)O)c1. The van der Waals surface area contributed by atoms with E-state index in [-0.39, 0.29) is 5.56 Å². The van der Waals surface area contributed by atoms with Crippen molar-refractivity contribution >= 4 is 17.3 Å². The van der Waals surface area contributed by atoms with Crippen LogP contribution in [0.5, 0.6) is 0 Å². The highest BCUT2D eigenvalue weighted by atomic mass is 16.6. The van der Waals surface area contributed by atoms with E-state index in [1.807, 2.05) is 0 Å². The largest absolute Gasteiger partial charge is 0.477 e. The van der Waals surface area contributed by atoms with Crippen LogP contribution in [0.25, 0.3) is 0 Å². The molecule has 1 aromatic rings. The molecule has 116 valence electrons. The molecule has 0 radical (unpaired) electrons. The van der Waals surface area contributed by atoms with Crippen LogP contribution in [0.4, 0.5) is 11.4 Å². The number of nitro benzene ring substituents is 1. The van der Waals surface area contributed by atoms with Gasteiger partial charge in [0.2, 0.25) is 0 Å². The lowest BCUT2D eigenvalue weighted by atomic mass is 10.1. The zero-order valence-corrected chi connectivity index (χ0v) is 12.2. The Morgan fingerprint density at radius 1 is 1.48 bits per heavy atom. The summed E-state index contributed by atoms with van der Waals surface area (Å²) in [6, 6.07) is 3.97. The molecular formula is C14H20N2O5. The zero-order chi connectivity index (χ0) is 15.8. The van der Waals surface area contributed by atoms with Gasteiger partial charge >= 0.3 is 5.97 Å². The Hall–Kier alpha value is -2.15. The number of hydrogen-bond donors (Lipinski definition) is 2. The van der Waals surface area contributed by atoms with Crippen molar-refractivity contribution in [3.63, 3.8) is 0 Å². The highest BCUT2D eigenvalue weighted by Gasteiger charge is 2.19. The van der Waals surface area contributed by atoms with Crippen LogP contribution < -0.4 is 5.32 Å². The summed E-state index contributed by atoms with van der Waals surface area (Å²) in [7, 11) is 0. The molecule has 7 nitrogen and oxygen atoms in total. The van der Waals surface area contributed by atoms with E-state index in [1.54, 1.807) is 0 Å². The van der Waals surface area contributed by atoms with E-state index < -0.39 is 16.6 Å². The third-order valence-electron chi connectivity index (χ3n) is 2.67. The fraction of sp³-hybridized carbons (Fsp3) is 0.500. The molecule has 7 heteroatoms. The smallest absolute Gasteiger partial charge is 0.342 e. The molecule has 0 saturated carbocycles. The number of carboxylic acids is 1. The number of hydrogen-bond acceptors (Lipinski definition) is 5. The van der Waals surface area contributed by atoms with Crippen LogP contribution in [0.1, 0.15) is 30.6 Å². The summed E-state index contributed by atoms with van der Waals surface area (Å²) in [5.41, 5.74) is -0.184. The van der Waals surface area contributed by atoms with Crippen molar-refractivity contribution in [3.05, 3.63) is 33.9 Å². The van der Waals surface area contributed by atoms with Crippen LogP contribution in [-0.4, -0.2) is 35.8 Å². The Bertz CT molecular complexity index is 502. The Labute approximate surface area is 123 Å². The second kappa shape index (κ2) is 8.21. The molecule has 0 atom stereocenters. The highest BCUT2D eigenvalue weighted by molar-refractivity contribution is 5.93. The van der Waals surface area contributed by atoms with Gasteiger partial charge in [-0.2, -0.15) is 0 Å². The van der Waals surface area contributed by atoms with Crippen LogP contribution >= 0.6 is 0 Å². The number of carboxylic acid groups (broad SMARTS) is 1. The number of benzene rings is 1. The summed E-state index contributed by atoms with van der Waals surface area (Å²) in [4.78, 5) is 21.0. The van der Waals surface area contributed by atoms with Gasteiger partial charge in [-0.15, -0.1) is 0 Å². The number of rotatable bonds is 9. The average Bonchev–Trinajstić information content (AvgIpc) is 2.41. The minimum atomic E-state index is -1.31. The van der Waals surface area contributed by atoms with Gasteiger partial charge in [0.15, 0.2) is 0 Å². The third kappa shape index (κ3) is 5.78. The third-order valence-corrected chi connectivity index (χ3v) is 2.67. The van der Waals surface area contributed by atoms with Crippen LogP contribution in [0.15, 0.2) is 18.2 Å². The molecule has 0 heterocycles. The van der Waals surface area contributed by atoms with Crippen LogP contribution in [0.3, 0.4) is 0 Å². The molecule has 0 aliphatic rings. The van der Waals surface area contributed by atoms with Crippen molar-refractivity contribution in [2.75, 3.05) is 25.1 Å². The first kappa shape index (κ1) is 16.9. The van der Waals surface area contributed by atoms with Gasteiger partial charge in [-0.1, -0.05) is 13.8 Å². The van der Waals surface area contributed by atoms with Gasteiger partial charge in [-0.05, 0) is 24.5 Å². The van der Waals surface area contributed by atoms with E-state index in [0.717, 1.165) is 6.42 Å². The van der Waals surface area contributed by atoms with Gasteiger partial charge in [-0.3, -0.25) is 10.1 Å². The number of nitrogens with zero attached hydrogens (tertiary/aromatic N) is 1. The second-order valence-corrected chi connectivity index (χ2v) is 5.04. The van der Waals surface area contributed by atoms with Gasteiger partial charge in [0.25, 0.3) is 5.69 Å². The minimum Gasteiger partial charge on any atom is -0.477 e. The molecule has 2 N–H and O–H groups in total. The monoisotopic (exact) mass is 296 g/mol. The first-order chi connectivity index (χ1) is 9.91. The summed E-state index contributed by atoms with van der Waals surface area (Å²) < 4.78 is 5.42. The molecule has 0 aliphatic carbocycles. The number of nitro groups is 1. The van der Waals surface area contributed by atoms with Gasteiger partial charge in [0, 0.05) is 31.5 Å². The van der Waals surface area contributed by atoms with E-state index in [1.165, 1.54) is 18.2 Å². The van der Waals surface area contributed by atoms with Crippen molar-refractivity contribution in [1.82, 2.24) is 0 Å². The predicted octanol–water partition coefficient (Wildman–Crippen LogP) is 2.77. The molecule has 0 aromatic heterocycles. The van der Waals surface area contributed by atoms with Crippen LogP contribution in [0.2, 0.25) is 0 Å². The Morgan fingerprint density at radius 2 is 2.19 bits per heavy atom. The van der Waals surface area contributed by atoms with Crippen molar-refractivity contribution in [1.29, 1.82) is 0 Å². The molecule has 21 heavy (non-hydrogen) atoms. The Morgan fingerprint density at radius 3 is 2.76 bits per heavy atom. The average molecular weight is 296 g/mol. The molecule has 0 unspecified atom stereocenters. The lowest BCUT2D eigenvalue weighted by Crippen LogP contribution is -2.09. The maximum absolute atomic E-state index is 11.0. The van der Waals surface area contributed by atoms with E-state index in [9.17, 15) is 14.9 Å². The topological polar surface area (TPSA) is 102 Å². The van der Waals surface area contributed by atoms with Gasteiger partial charge in [0.05, 0.1) is 4.92 Å². The van der Waals surface area contributed by atoms with E-state index in [0.29, 0.717) is 31.4 Å². The number of ether oxygens (including phenoxy) is 1. The fourth-order valence-corrected chi connectivity index (χ4v) is 1.70. The van der Waals surface area contributed by atoms with Crippen molar-refractivity contribution in [2.45, 2.75) is 20.3 Å². The van der Waals surface area contributed by atoms with E-state index in [4.69, 9.17) is 9.84 Å². The molecule has 1 rings (SSSR count). The number of aromatic carboxylic acids is 1. The summed E-state index contributed by atoms with van der Waals surface area (Å²) in [5.74, 6) is -0.823. The first-order valence-electron chi connectivity index (χ1n) is 6.75. The Balaban J connectivity index is 2.51. The molecule has 1 aromatic carbocycles. The quantitative estimate of drug-likeness (QED) is 0.413. The van der Waals surface area contributed by atoms with Gasteiger partial charge in [0.1, 0.15) is 5.56 Å². The van der Waals surface area contributed by atoms with Crippen molar-refractivity contribution in [2.24, 2.45) is 5.92 Å². The maximum Gasteiger partial charge on any atom is 0.342 e. The van der Waals surface area contributed by atoms with Crippen molar-refractivity contribution in [3.8, 4) is 0 Å². The summed E-state index contributed by atoms with van der Waals surface area (Å²) in [6.07, 6.45) is 0.770. The lowest BCUT2D eigenvalue weighted by molar-refractivity contribution is -0.385. The number of nitrogens with one attached hydrogen (secondary N) is 1. The van der Waals surface area contributed by atoms with Gasteiger partial charge < -0.3 is 15.2 Å². The van der Waals surface area contributed by atoms with Crippen LogP contribution in [-0.2, 0) is 4.74 Å². The lowest BCUT2D eigenvalue weighted by Gasteiger charge is -2.09. The minimum absolute atomic E-state index is 0.318. The summed E-state index contributed by atoms with van der Waals surface area (Å²) in [6.45, 7) is 6.07. The standard InChI is InChI=1S/C14H20N2O5/c1-10(2)9-21-7-3-6-15-11-4-5-13(16(19)20)12(8-11)14(17)18/h4-5,8,10,15H,3,6-7,9H2,1-2H3,(H,17,18). The summed E-state index contributed by atoms with van der Waals surface area (Å²) in [5, 5.41) is 22.7. The zero-order valence-electron chi connectivity index (χ0n) is 12.2. The molecule has 0 aliphatic heterocycles. The first-order valence-corrected chi connectivity index (χ1v) is 6.75. The molecule has 0 fully saturated rings. The van der Waals surface area contributed by atoms with Crippen LogP contribution in [0, 0.1) is 16.0 Å². The highest BCUT2D eigenvalue weighted by Crippen LogP contribution is 2.22. The summed E-state index contributed by atoms with van der Waals surface area (Å²) >= 11 is 0. The van der Waals surface area contributed by atoms with Gasteiger partial charge in [-0.25, -0.2) is 4.79 Å². The fourth-order valence-electron chi connectivity index (χ4n) is 1.70.